The Labute approximate surface area is 220 Å². The average Bonchev–Trinajstić information content (AvgIpc) is 2.90. The van der Waals surface area contributed by atoms with Crippen LogP contribution in [0, 0.1) is 35.5 Å². The molecule has 2 aliphatic heterocycles. The maximum Gasteiger partial charge on any atom is 0.184 e. The standard InChI is InChI=1S/C32H40N4O/c1-18-11-20-14-28-26(31(15-18)23(20)5-3-9-34-31)13-21(17-33-28)27-8-7-25-29(36-27)30(37)22-12-19(2)16-32(25)24(22)6-4-10-35-32/h7-8,13,17-20,22-24,34-35H,3-6,9-12,14-16H2,1-2H3/t18-,19-,20-,22+,23-,24-,31+,32+/m1/s1. The van der Waals surface area contributed by atoms with Gasteiger partial charge in [-0.15, -0.1) is 0 Å². The summed E-state index contributed by atoms with van der Waals surface area (Å²) in [6.45, 7) is 6.89. The van der Waals surface area contributed by atoms with E-state index in [1.807, 2.05) is 6.20 Å². The fourth-order valence-electron chi connectivity index (χ4n) is 10.3. The van der Waals surface area contributed by atoms with Crippen LogP contribution in [0.1, 0.15) is 92.5 Å². The van der Waals surface area contributed by atoms with Crippen LogP contribution >= 0.6 is 0 Å². The maximum absolute atomic E-state index is 13.9. The number of hydrogen-bond acceptors (Lipinski definition) is 5. The molecule has 2 saturated heterocycles. The molecule has 37 heavy (non-hydrogen) atoms. The highest BCUT2D eigenvalue weighted by molar-refractivity contribution is 6.00. The third kappa shape index (κ3) is 3.07. The van der Waals surface area contributed by atoms with E-state index in [4.69, 9.17) is 9.97 Å². The third-order valence-corrected chi connectivity index (χ3v) is 11.4. The van der Waals surface area contributed by atoms with Gasteiger partial charge < -0.3 is 10.6 Å². The van der Waals surface area contributed by atoms with E-state index in [0.29, 0.717) is 11.8 Å². The lowest BCUT2D eigenvalue weighted by Crippen LogP contribution is -2.62. The molecule has 0 amide bonds. The first-order chi connectivity index (χ1) is 18.0. The largest absolute Gasteiger partial charge is 0.307 e. The number of carbonyl (C=O) groups excluding carboxylic acids is 1. The van der Waals surface area contributed by atoms with E-state index < -0.39 is 0 Å². The van der Waals surface area contributed by atoms with Crippen molar-refractivity contribution in [3.8, 4) is 11.3 Å². The SMILES string of the molecule is C[C@@H]1C[C@@H]2Cc3ncc(-c4ccc5c(n4)C(=O)[C@H]4C[C@@H](C)C[C@@]56NCCC[C@H]46)cc3[C@@]3(C1)NCCC[C@H]23. The molecule has 0 unspecified atom stereocenters. The van der Waals surface area contributed by atoms with Crippen LogP contribution in [-0.4, -0.2) is 28.8 Å². The first-order valence-electron chi connectivity index (χ1n) is 15.0. The minimum absolute atomic E-state index is 0.0621. The summed E-state index contributed by atoms with van der Waals surface area (Å²) in [4.78, 5) is 24.1. The van der Waals surface area contributed by atoms with Gasteiger partial charge in [0, 0.05) is 40.0 Å². The van der Waals surface area contributed by atoms with Crippen molar-refractivity contribution in [2.24, 2.45) is 35.5 Å². The van der Waals surface area contributed by atoms with Gasteiger partial charge in [0.15, 0.2) is 5.78 Å². The molecule has 6 aliphatic rings. The molecule has 2 aromatic rings. The van der Waals surface area contributed by atoms with Gasteiger partial charge in [0.05, 0.1) is 5.69 Å². The number of aromatic nitrogens is 2. The van der Waals surface area contributed by atoms with Crippen LogP contribution in [0.2, 0.25) is 0 Å². The Kier molecular flexibility index (Phi) is 4.91. The van der Waals surface area contributed by atoms with Crippen LogP contribution in [0.4, 0.5) is 0 Å². The van der Waals surface area contributed by atoms with Crippen LogP contribution in [-0.2, 0) is 17.5 Å². The lowest BCUT2D eigenvalue weighted by Gasteiger charge is -2.57. The van der Waals surface area contributed by atoms with Gasteiger partial charge >= 0.3 is 0 Å². The van der Waals surface area contributed by atoms with Crippen molar-refractivity contribution >= 4 is 5.78 Å². The number of piperidine rings is 2. The van der Waals surface area contributed by atoms with Crippen LogP contribution in [0.5, 0.6) is 0 Å². The number of ketones is 1. The quantitative estimate of drug-likeness (QED) is 0.555. The smallest absolute Gasteiger partial charge is 0.184 e. The van der Waals surface area contributed by atoms with E-state index >= 15 is 0 Å². The predicted molar refractivity (Wildman–Crippen MR) is 144 cm³/mol. The molecule has 4 fully saturated rings. The number of fused-ring (bicyclic) bond motifs is 2. The molecule has 2 aromatic heterocycles. The number of rotatable bonds is 1. The Balaban J connectivity index is 1.24. The number of hydrogen-bond donors (Lipinski definition) is 2. The number of nitrogens with one attached hydrogen (secondary N) is 2. The summed E-state index contributed by atoms with van der Waals surface area (Å²) >= 11 is 0. The highest BCUT2D eigenvalue weighted by Gasteiger charge is 2.57. The summed E-state index contributed by atoms with van der Waals surface area (Å²) in [5.74, 6) is 3.58. The lowest BCUT2D eigenvalue weighted by atomic mass is 9.53. The van der Waals surface area contributed by atoms with E-state index in [0.717, 1.165) is 79.0 Å². The molecule has 2 N–H and O–H groups in total. The highest BCUT2D eigenvalue weighted by atomic mass is 16.1. The second kappa shape index (κ2) is 7.95. The van der Waals surface area contributed by atoms with Crippen LogP contribution in [0.3, 0.4) is 0 Å². The summed E-state index contributed by atoms with van der Waals surface area (Å²) < 4.78 is 0. The van der Waals surface area contributed by atoms with Crippen LogP contribution in [0.15, 0.2) is 24.4 Å². The van der Waals surface area contributed by atoms with Gasteiger partial charge in [0.2, 0.25) is 0 Å². The Hall–Kier alpha value is -2.11. The van der Waals surface area contributed by atoms with Gasteiger partial charge in [0.1, 0.15) is 5.69 Å². The summed E-state index contributed by atoms with van der Waals surface area (Å²) in [7, 11) is 0. The fraction of sp³-hybridized carbons (Fsp3) is 0.656. The molecule has 4 bridgehead atoms. The zero-order valence-corrected chi connectivity index (χ0v) is 22.4. The molecule has 5 nitrogen and oxygen atoms in total. The molecule has 8 rings (SSSR count). The van der Waals surface area contributed by atoms with Crippen molar-refractivity contribution < 1.29 is 4.79 Å². The van der Waals surface area contributed by atoms with E-state index in [9.17, 15) is 4.79 Å². The van der Waals surface area contributed by atoms with Crippen molar-refractivity contribution in [1.82, 2.24) is 20.6 Å². The molecule has 4 aliphatic carbocycles. The second-order valence-corrected chi connectivity index (χ2v) is 13.6. The van der Waals surface area contributed by atoms with Crippen LogP contribution in [0.25, 0.3) is 11.3 Å². The molecule has 194 valence electrons. The highest BCUT2D eigenvalue weighted by Crippen LogP contribution is 2.57. The maximum atomic E-state index is 13.9. The van der Waals surface area contributed by atoms with E-state index in [1.165, 1.54) is 43.4 Å². The van der Waals surface area contributed by atoms with E-state index in [1.54, 1.807) is 0 Å². The normalized spacial score (nSPS) is 41.7. The number of Topliss-reactive ketones (excluding diaryl/α,β-unsaturated/α-hetero) is 1. The van der Waals surface area contributed by atoms with Gasteiger partial charge in [-0.2, -0.15) is 0 Å². The minimum Gasteiger partial charge on any atom is -0.307 e. The Morgan fingerprint density at radius 2 is 1.65 bits per heavy atom. The zero-order chi connectivity index (χ0) is 24.9. The van der Waals surface area contributed by atoms with Crippen molar-refractivity contribution in [2.45, 2.75) is 82.7 Å². The summed E-state index contributed by atoms with van der Waals surface area (Å²) in [5, 5.41) is 7.95. The second-order valence-electron chi connectivity index (χ2n) is 13.6. The number of carbonyl (C=O) groups is 1. The Morgan fingerprint density at radius 1 is 0.919 bits per heavy atom. The van der Waals surface area contributed by atoms with Gasteiger partial charge in [-0.05, 0) is 118 Å². The molecule has 5 heteroatoms. The first kappa shape index (κ1) is 22.8. The minimum atomic E-state index is -0.0745. The molecule has 0 aromatic carbocycles. The molecule has 0 spiro atoms. The number of nitrogens with zero attached hydrogens (tertiary/aromatic N) is 2. The fourth-order valence-corrected chi connectivity index (χ4v) is 10.3. The Bertz CT molecular complexity index is 1290. The van der Waals surface area contributed by atoms with Crippen molar-refractivity contribution in [2.75, 3.05) is 13.1 Å². The zero-order valence-electron chi connectivity index (χ0n) is 22.4. The molecular weight excluding hydrogens is 456 g/mol. The van der Waals surface area contributed by atoms with Gasteiger partial charge in [-0.3, -0.25) is 9.78 Å². The predicted octanol–water partition coefficient (Wildman–Crippen LogP) is 5.38. The molecule has 8 atom stereocenters. The Morgan fingerprint density at radius 3 is 2.46 bits per heavy atom. The van der Waals surface area contributed by atoms with Crippen LogP contribution < -0.4 is 10.6 Å². The summed E-state index contributed by atoms with van der Waals surface area (Å²) in [6.07, 6.45) is 12.7. The lowest BCUT2D eigenvalue weighted by molar-refractivity contribution is 0.00808. The third-order valence-electron chi connectivity index (χ3n) is 11.4. The molecule has 4 heterocycles. The van der Waals surface area contributed by atoms with Gasteiger partial charge in [-0.1, -0.05) is 19.9 Å². The molecule has 2 saturated carbocycles. The topological polar surface area (TPSA) is 66.9 Å². The average molecular weight is 497 g/mol. The van der Waals surface area contributed by atoms with Crippen molar-refractivity contribution in [3.63, 3.8) is 0 Å². The van der Waals surface area contributed by atoms with E-state index in [-0.39, 0.29) is 22.8 Å². The van der Waals surface area contributed by atoms with E-state index in [2.05, 4.69) is 42.7 Å². The summed E-state index contributed by atoms with van der Waals surface area (Å²) in [5.41, 5.74) is 6.57. The van der Waals surface area contributed by atoms with Gasteiger partial charge in [0.25, 0.3) is 0 Å². The monoisotopic (exact) mass is 496 g/mol. The first-order valence-corrected chi connectivity index (χ1v) is 15.0. The summed E-state index contributed by atoms with van der Waals surface area (Å²) in [6, 6.07) is 6.82. The van der Waals surface area contributed by atoms with Crippen molar-refractivity contribution in [1.29, 1.82) is 0 Å². The molecule has 0 radical (unpaired) electrons. The van der Waals surface area contributed by atoms with Gasteiger partial charge in [-0.25, -0.2) is 4.98 Å². The van der Waals surface area contributed by atoms with Crippen molar-refractivity contribution in [3.05, 3.63) is 46.9 Å². The molecular formula is C32H40N4O. The number of pyridine rings is 2.